The highest BCUT2D eigenvalue weighted by Gasteiger charge is 2.33. The summed E-state index contributed by atoms with van der Waals surface area (Å²) in [7, 11) is 0. The van der Waals surface area contributed by atoms with Gasteiger partial charge in [-0.25, -0.2) is 0 Å². The molecule has 0 saturated carbocycles. The van der Waals surface area contributed by atoms with Gasteiger partial charge >= 0.3 is 0 Å². The minimum absolute atomic E-state index is 0.126. The second-order valence-electron chi connectivity index (χ2n) is 6.57. The van der Waals surface area contributed by atoms with Crippen LogP contribution in [0.3, 0.4) is 0 Å². The van der Waals surface area contributed by atoms with Crippen LogP contribution in [0.2, 0.25) is 10.0 Å². The molecule has 0 aromatic heterocycles. The second kappa shape index (κ2) is 7.82. The summed E-state index contributed by atoms with van der Waals surface area (Å²) >= 11 is 12.5. The molecule has 2 rings (SSSR count). The maximum Gasteiger partial charge on any atom is 0.0624 e. The summed E-state index contributed by atoms with van der Waals surface area (Å²) in [5.74, 6) is 0.654. The van der Waals surface area contributed by atoms with E-state index in [1.807, 2.05) is 12.1 Å². The molecule has 0 amide bonds. The number of halogens is 2. The van der Waals surface area contributed by atoms with Crippen LogP contribution in [0.25, 0.3) is 0 Å². The Balaban J connectivity index is 2.10. The van der Waals surface area contributed by atoms with E-state index < -0.39 is 0 Å². The predicted molar refractivity (Wildman–Crippen MR) is 90.4 cm³/mol. The van der Waals surface area contributed by atoms with Gasteiger partial charge in [-0.1, -0.05) is 49.2 Å². The van der Waals surface area contributed by atoms with E-state index >= 15 is 0 Å². The third kappa shape index (κ3) is 4.85. The molecule has 21 heavy (non-hydrogen) atoms. The average Bonchev–Trinajstić information content (AvgIpc) is 2.44. The molecule has 4 heteroatoms. The molecule has 1 aliphatic heterocycles. The van der Waals surface area contributed by atoms with Crippen LogP contribution in [-0.4, -0.2) is 26.3 Å². The zero-order valence-corrected chi connectivity index (χ0v) is 14.4. The van der Waals surface area contributed by atoms with Crippen molar-refractivity contribution < 1.29 is 4.74 Å². The van der Waals surface area contributed by atoms with Crippen molar-refractivity contribution in [1.29, 1.82) is 0 Å². The molecule has 1 fully saturated rings. The van der Waals surface area contributed by atoms with E-state index in [0.29, 0.717) is 16.0 Å². The first-order valence-electron chi connectivity index (χ1n) is 7.74. The molecular weight excluding hydrogens is 305 g/mol. The quantitative estimate of drug-likeness (QED) is 0.824. The van der Waals surface area contributed by atoms with Crippen molar-refractivity contribution in [3.63, 3.8) is 0 Å². The highest BCUT2D eigenvalue weighted by molar-refractivity contribution is 6.42. The fourth-order valence-corrected chi connectivity index (χ4v) is 3.35. The molecule has 1 aromatic carbocycles. The summed E-state index contributed by atoms with van der Waals surface area (Å²) in [5.41, 5.74) is 1.25. The van der Waals surface area contributed by atoms with E-state index in [4.69, 9.17) is 27.9 Å². The third-order valence-electron chi connectivity index (χ3n) is 4.05. The van der Waals surface area contributed by atoms with Crippen molar-refractivity contribution in [2.24, 2.45) is 11.3 Å². The van der Waals surface area contributed by atoms with Crippen LogP contribution in [-0.2, 0) is 11.2 Å². The fraction of sp³-hybridized carbons (Fsp3) is 0.647. The van der Waals surface area contributed by atoms with Crippen molar-refractivity contribution in [2.75, 3.05) is 26.3 Å². The van der Waals surface area contributed by atoms with Gasteiger partial charge < -0.3 is 10.1 Å². The van der Waals surface area contributed by atoms with Crippen LogP contribution in [0.1, 0.15) is 32.3 Å². The molecule has 0 aliphatic carbocycles. The van der Waals surface area contributed by atoms with Gasteiger partial charge in [-0.05, 0) is 43.4 Å². The van der Waals surface area contributed by atoms with Gasteiger partial charge in [0.2, 0.25) is 0 Å². The Morgan fingerprint density at radius 3 is 2.81 bits per heavy atom. The molecule has 0 spiro atoms. The smallest absolute Gasteiger partial charge is 0.0624 e. The van der Waals surface area contributed by atoms with Gasteiger partial charge in [0.15, 0.2) is 0 Å². The van der Waals surface area contributed by atoms with Crippen molar-refractivity contribution in [1.82, 2.24) is 5.32 Å². The molecular formula is C17H25Cl2NO. The lowest BCUT2D eigenvalue weighted by Gasteiger charge is -2.38. The molecule has 118 valence electrons. The maximum atomic E-state index is 6.37. The Morgan fingerprint density at radius 1 is 1.33 bits per heavy atom. The fourth-order valence-electron chi connectivity index (χ4n) is 2.97. The number of benzene rings is 1. The third-order valence-corrected chi connectivity index (χ3v) is 4.91. The monoisotopic (exact) mass is 329 g/mol. The van der Waals surface area contributed by atoms with Gasteiger partial charge in [0.05, 0.1) is 16.7 Å². The molecule has 0 bridgehead atoms. The Hall–Kier alpha value is -0.280. The zero-order valence-electron chi connectivity index (χ0n) is 12.9. The van der Waals surface area contributed by atoms with Crippen LogP contribution in [0, 0.1) is 11.3 Å². The second-order valence-corrected chi connectivity index (χ2v) is 7.36. The molecule has 1 saturated heterocycles. The van der Waals surface area contributed by atoms with Crippen molar-refractivity contribution >= 4 is 23.2 Å². The summed E-state index contributed by atoms with van der Waals surface area (Å²) < 4.78 is 5.77. The summed E-state index contributed by atoms with van der Waals surface area (Å²) in [4.78, 5) is 0. The van der Waals surface area contributed by atoms with Crippen LogP contribution in [0.15, 0.2) is 18.2 Å². The SMILES string of the molecule is CC(C)CNCC1(Cc2cccc(Cl)c2Cl)CCCOC1. The van der Waals surface area contributed by atoms with Gasteiger partial charge in [0, 0.05) is 18.6 Å². The first-order valence-corrected chi connectivity index (χ1v) is 8.49. The topological polar surface area (TPSA) is 21.3 Å². The van der Waals surface area contributed by atoms with Crippen LogP contribution >= 0.6 is 23.2 Å². The van der Waals surface area contributed by atoms with E-state index in [0.717, 1.165) is 44.7 Å². The number of hydrogen-bond donors (Lipinski definition) is 1. The molecule has 1 aromatic rings. The zero-order chi connectivity index (χ0) is 15.3. The van der Waals surface area contributed by atoms with Crippen LogP contribution in [0.5, 0.6) is 0 Å². The van der Waals surface area contributed by atoms with Crippen molar-refractivity contribution in [3.05, 3.63) is 33.8 Å². The number of ether oxygens (including phenoxy) is 1. The van der Waals surface area contributed by atoms with E-state index in [2.05, 4.69) is 25.2 Å². The van der Waals surface area contributed by atoms with Crippen LogP contribution < -0.4 is 5.32 Å². The maximum absolute atomic E-state index is 6.37. The van der Waals surface area contributed by atoms with E-state index in [1.54, 1.807) is 0 Å². The van der Waals surface area contributed by atoms with Gasteiger partial charge in [-0.3, -0.25) is 0 Å². The largest absolute Gasteiger partial charge is 0.381 e. The molecule has 1 aliphatic rings. The minimum atomic E-state index is 0.126. The number of nitrogens with one attached hydrogen (secondary N) is 1. The number of hydrogen-bond acceptors (Lipinski definition) is 2. The van der Waals surface area contributed by atoms with Gasteiger partial charge in [0.1, 0.15) is 0 Å². The van der Waals surface area contributed by atoms with Crippen molar-refractivity contribution in [3.8, 4) is 0 Å². The summed E-state index contributed by atoms with van der Waals surface area (Å²) in [6.07, 6.45) is 3.19. The normalized spacial score (nSPS) is 22.7. The lowest BCUT2D eigenvalue weighted by Crippen LogP contribution is -2.43. The van der Waals surface area contributed by atoms with E-state index in [1.165, 1.54) is 6.42 Å². The van der Waals surface area contributed by atoms with Gasteiger partial charge in [-0.2, -0.15) is 0 Å². The highest BCUT2D eigenvalue weighted by atomic mass is 35.5. The lowest BCUT2D eigenvalue weighted by atomic mass is 9.77. The van der Waals surface area contributed by atoms with Gasteiger partial charge in [0.25, 0.3) is 0 Å². The highest BCUT2D eigenvalue weighted by Crippen LogP contribution is 2.36. The molecule has 1 atom stereocenters. The van der Waals surface area contributed by atoms with Gasteiger partial charge in [-0.15, -0.1) is 0 Å². The molecule has 1 heterocycles. The van der Waals surface area contributed by atoms with E-state index in [9.17, 15) is 0 Å². The summed E-state index contributed by atoms with van der Waals surface area (Å²) in [5, 5.41) is 4.92. The standard InChI is InChI=1S/C17H25Cl2NO/c1-13(2)10-20-11-17(7-4-8-21-12-17)9-14-5-3-6-15(18)16(14)19/h3,5-6,13,20H,4,7-12H2,1-2H3. The average molecular weight is 330 g/mol. The first-order chi connectivity index (χ1) is 10.0. The molecule has 2 nitrogen and oxygen atoms in total. The Bertz CT molecular complexity index is 456. The Morgan fingerprint density at radius 2 is 2.14 bits per heavy atom. The summed E-state index contributed by atoms with van der Waals surface area (Å²) in [6.45, 7) is 8.12. The minimum Gasteiger partial charge on any atom is -0.381 e. The molecule has 0 radical (unpaired) electrons. The van der Waals surface area contributed by atoms with Crippen LogP contribution in [0.4, 0.5) is 0 Å². The number of rotatable bonds is 6. The Labute approximate surface area is 138 Å². The lowest BCUT2D eigenvalue weighted by molar-refractivity contribution is -0.00738. The van der Waals surface area contributed by atoms with E-state index in [-0.39, 0.29) is 5.41 Å². The summed E-state index contributed by atoms with van der Waals surface area (Å²) in [6, 6.07) is 5.89. The predicted octanol–water partition coefficient (Wildman–Crippen LogP) is 4.58. The molecule has 1 unspecified atom stereocenters. The molecule has 1 N–H and O–H groups in total. The first kappa shape index (κ1) is 17.1. The Kier molecular flexibility index (Phi) is 6.36. The van der Waals surface area contributed by atoms with Crippen molar-refractivity contribution in [2.45, 2.75) is 33.1 Å².